The van der Waals surface area contributed by atoms with E-state index in [1.807, 2.05) is 25.1 Å². The third-order valence-electron chi connectivity index (χ3n) is 3.86. The molecular formula is C18H22N4O. The molecule has 1 N–H and O–H groups in total. The molecule has 2 aromatic heterocycles. The van der Waals surface area contributed by atoms with Crippen molar-refractivity contribution in [1.82, 2.24) is 9.55 Å². The van der Waals surface area contributed by atoms with E-state index in [0.717, 1.165) is 11.4 Å². The van der Waals surface area contributed by atoms with Gasteiger partial charge in [-0.05, 0) is 25.1 Å². The Morgan fingerprint density at radius 2 is 1.96 bits per heavy atom. The van der Waals surface area contributed by atoms with Crippen LogP contribution in [-0.2, 0) is 19.0 Å². The lowest BCUT2D eigenvalue weighted by Gasteiger charge is -2.19. The van der Waals surface area contributed by atoms with Crippen molar-refractivity contribution in [3.05, 3.63) is 57.1 Å². The molecule has 0 aliphatic heterocycles. The first-order valence-electron chi connectivity index (χ1n) is 7.55. The van der Waals surface area contributed by atoms with Crippen molar-refractivity contribution in [3.8, 4) is 6.07 Å². The van der Waals surface area contributed by atoms with Crippen LogP contribution in [-0.4, -0.2) is 9.55 Å². The predicted octanol–water partition coefficient (Wildman–Crippen LogP) is 2.87. The van der Waals surface area contributed by atoms with Crippen LogP contribution < -0.4 is 10.9 Å². The number of anilines is 1. The highest BCUT2D eigenvalue weighted by Crippen LogP contribution is 2.23. The average Bonchev–Trinajstić information content (AvgIpc) is 2.51. The Morgan fingerprint density at radius 1 is 1.26 bits per heavy atom. The van der Waals surface area contributed by atoms with Gasteiger partial charge in [0.15, 0.2) is 0 Å². The first kappa shape index (κ1) is 16.8. The molecule has 0 aromatic carbocycles. The summed E-state index contributed by atoms with van der Waals surface area (Å²) >= 11 is 0. The highest BCUT2D eigenvalue weighted by atomic mass is 16.1. The predicted molar refractivity (Wildman–Crippen MR) is 91.4 cm³/mol. The molecule has 5 heteroatoms. The molecule has 0 spiro atoms. The van der Waals surface area contributed by atoms with E-state index in [0.29, 0.717) is 23.5 Å². The number of aromatic nitrogens is 2. The van der Waals surface area contributed by atoms with Gasteiger partial charge in [-0.15, -0.1) is 0 Å². The summed E-state index contributed by atoms with van der Waals surface area (Å²) < 4.78 is 1.61. The molecule has 0 radical (unpaired) electrons. The van der Waals surface area contributed by atoms with Crippen LogP contribution in [0.4, 0.5) is 5.82 Å². The zero-order valence-electron chi connectivity index (χ0n) is 14.3. The van der Waals surface area contributed by atoms with Gasteiger partial charge < -0.3 is 9.88 Å². The second-order valence-electron chi connectivity index (χ2n) is 6.67. The number of pyridine rings is 2. The van der Waals surface area contributed by atoms with E-state index in [1.165, 1.54) is 0 Å². The standard InChI is InChI=1S/C18H22N4O/c1-12-6-7-14(17(23)22(12)5)11-20-16-13(10-19)8-9-15(21-16)18(2,3)4/h6-9H,11H2,1-5H3,(H,20,21). The Hall–Kier alpha value is -2.61. The SMILES string of the molecule is Cc1ccc(CNc2nc(C(C)(C)C)ccc2C#N)c(=O)n1C. The number of nitriles is 1. The lowest BCUT2D eigenvalue weighted by molar-refractivity contribution is 0.569. The highest BCUT2D eigenvalue weighted by molar-refractivity contribution is 5.53. The Balaban J connectivity index is 2.32. The molecule has 2 heterocycles. The van der Waals surface area contributed by atoms with Crippen LogP contribution in [0.15, 0.2) is 29.1 Å². The topological polar surface area (TPSA) is 70.7 Å². The van der Waals surface area contributed by atoms with Crippen LogP contribution in [0.5, 0.6) is 0 Å². The lowest BCUT2D eigenvalue weighted by Crippen LogP contribution is -2.24. The van der Waals surface area contributed by atoms with E-state index in [9.17, 15) is 10.1 Å². The largest absolute Gasteiger partial charge is 0.365 e. The first-order valence-corrected chi connectivity index (χ1v) is 7.55. The quantitative estimate of drug-likeness (QED) is 0.946. The van der Waals surface area contributed by atoms with Crippen molar-refractivity contribution in [2.24, 2.45) is 7.05 Å². The van der Waals surface area contributed by atoms with E-state index in [1.54, 1.807) is 17.7 Å². The molecule has 120 valence electrons. The highest BCUT2D eigenvalue weighted by Gasteiger charge is 2.17. The van der Waals surface area contributed by atoms with Crippen LogP contribution >= 0.6 is 0 Å². The number of aryl methyl sites for hydroxylation is 1. The van der Waals surface area contributed by atoms with Crippen molar-refractivity contribution in [2.75, 3.05) is 5.32 Å². The summed E-state index contributed by atoms with van der Waals surface area (Å²) in [6.45, 7) is 8.44. The maximum atomic E-state index is 12.2. The van der Waals surface area contributed by atoms with Gasteiger partial charge in [0, 0.05) is 36.0 Å². The zero-order chi connectivity index (χ0) is 17.2. The average molecular weight is 310 g/mol. The Labute approximate surface area is 136 Å². The minimum absolute atomic E-state index is 0.0389. The lowest BCUT2D eigenvalue weighted by atomic mass is 9.91. The summed E-state index contributed by atoms with van der Waals surface area (Å²) in [6, 6.07) is 9.49. The second-order valence-corrected chi connectivity index (χ2v) is 6.67. The van der Waals surface area contributed by atoms with E-state index in [-0.39, 0.29) is 11.0 Å². The summed E-state index contributed by atoms with van der Waals surface area (Å²) in [5.41, 5.74) is 2.78. The van der Waals surface area contributed by atoms with Crippen LogP contribution in [0.2, 0.25) is 0 Å². The Kier molecular flexibility index (Phi) is 4.55. The molecule has 0 amide bonds. The molecule has 0 unspecified atom stereocenters. The van der Waals surface area contributed by atoms with Crippen molar-refractivity contribution < 1.29 is 0 Å². The number of hydrogen-bond donors (Lipinski definition) is 1. The number of hydrogen-bond acceptors (Lipinski definition) is 4. The van der Waals surface area contributed by atoms with Gasteiger partial charge >= 0.3 is 0 Å². The van der Waals surface area contributed by atoms with Gasteiger partial charge in [0.2, 0.25) is 0 Å². The first-order chi connectivity index (χ1) is 10.7. The third kappa shape index (κ3) is 3.59. The Bertz CT molecular complexity index is 822. The summed E-state index contributed by atoms with van der Waals surface area (Å²) in [4.78, 5) is 16.8. The summed E-state index contributed by atoms with van der Waals surface area (Å²) in [7, 11) is 1.75. The molecule has 0 saturated heterocycles. The van der Waals surface area contributed by atoms with Crippen molar-refractivity contribution in [2.45, 2.75) is 39.7 Å². The van der Waals surface area contributed by atoms with E-state index in [2.05, 4.69) is 37.1 Å². The minimum atomic E-state index is -0.107. The van der Waals surface area contributed by atoms with Crippen molar-refractivity contribution >= 4 is 5.82 Å². The van der Waals surface area contributed by atoms with Gasteiger partial charge in [0.05, 0.1) is 5.56 Å². The zero-order valence-corrected chi connectivity index (χ0v) is 14.3. The third-order valence-corrected chi connectivity index (χ3v) is 3.86. The molecule has 0 saturated carbocycles. The molecule has 0 bridgehead atoms. The van der Waals surface area contributed by atoms with Gasteiger partial charge in [0.25, 0.3) is 5.56 Å². The van der Waals surface area contributed by atoms with Crippen LogP contribution in [0.25, 0.3) is 0 Å². The van der Waals surface area contributed by atoms with Crippen LogP contribution in [0.3, 0.4) is 0 Å². The summed E-state index contributed by atoms with van der Waals surface area (Å²) in [5, 5.41) is 12.4. The van der Waals surface area contributed by atoms with Gasteiger partial charge in [-0.3, -0.25) is 4.79 Å². The molecular weight excluding hydrogens is 288 g/mol. The van der Waals surface area contributed by atoms with Gasteiger partial charge in [-0.25, -0.2) is 4.98 Å². The van der Waals surface area contributed by atoms with Gasteiger partial charge in [-0.2, -0.15) is 5.26 Å². The van der Waals surface area contributed by atoms with Crippen LogP contribution in [0.1, 0.15) is 43.3 Å². The van der Waals surface area contributed by atoms with Crippen molar-refractivity contribution in [3.63, 3.8) is 0 Å². The number of nitrogens with one attached hydrogen (secondary N) is 1. The Morgan fingerprint density at radius 3 is 2.57 bits per heavy atom. The fourth-order valence-electron chi connectivity index (χ4n) is 2.20. The summed E-state index contributed by atoms with van der Waals surface area (Å²) in [6.07, 6.45) is 0. The normalized spacial score (nSPS) is 11.1. The summed E-state index contributed by atoms with van der Waals surface area (Å²) in [5.74, 6) is 0.516. The van der Waals surface area contributed by atoms with Gasteiger partial charge in [0.1, 0.15) is 11.9 Å². The monoisotopic (exact) mass is 310 g/mol. The fourth-order valence-corrected chi connectivity index (χ4v) is 2.20. The molecule has 23 heavy (non-hydrogen) atoms. The second kappa shape index (κ2) is 6.25. The maximum absolute atomic E-state index is 12.2. The van der Waals surface area contributed by atoms with Crippen LogP contribution in [0, 0.1) is 18.3 Å². The maximum Gasteiger partial charge on any atom is 0.255 e. The van der Waals surface area contributed by atoms with Crippen molar-refractivity contribution in [1.29, 1.82) is 5.26 Å². The molecule has 0 atom stereocenters. The smallest absolute Gasteiger partial charge is 0.255 e. The molecule has 0 fully saturated rings. The fraction of sp³-hybridized carbons (Fsp3) is 0.389. The molecule has 2 rings (SSSR count). The van der Waals surface area contributed by atoms with E-state index >= 15 is 0 Å². The van der Waals surface area contributed by atoms with E-state index < -0.39 is 0 Å². The van der Waals surface area contributed by atoms with Gasteiger partial charge in [-0.1, -0.05) is 26.8 Å². The van der Waals surface area contributed by atoms with E-state index in [4.69, 9.17) is 0 Å². The molecule has 0 aliphatic carbocycles. The minimum Gasteiger partial charge on any atom is -0.365 e. The molecule has 2 aromatic rings. The molecule has 0 aliphatic rings. The number of rotatable bonds is 3. The number of nitrogens with zero attached hydrogens (tertiary/aromatic N) is 3. The molecule has 5 nitrogen and oxygen atoms in total.